The van der Waals surface area contributed by atoms with E-state index in [1.807, 2.05) is 33.8 Å². The summed E-state index contributed by atoms with van der Waals surface area (Å²) in [6.07, 6.45) is 2.13. The van der Waals surface area contributed by atoms with Crippen LogP contribution >= 0.6 is 11.6 Å². The second-order valence-electron chi connectivity index (χ2n) is 7.07. The molecule has 3 heterocycles. The average Bonchev–Trinajstić information content (AvgIpc) is 2.91. The molecule has 3 rings (SSSR count). The van der Waals surface area contributed by atoms with Crippen LogP contribution in [-0.4, -0.2) is 34.2 Å². The van der Waals surface area contributed by atoms with Crippen LogP contribution in [0.15, 0.2) is 12.3 Å². The Balaban J connectivity index is 1.86. The highest BCUT2D eigenvalue weighted by Gasteiger charge is 2.51. The van der Waals surface area contributed by atoms with E-state index in [0.717, 1.165) is 17.5 Å². The van der Waals surface area contributed by atoms with Crippen LogP contribution in [0.4, 0.5) is 4.79 Å². The molecule has 0 radical (unpaired) electrons. The van der Waals surface area contributed by atoms with Crippen molar-refractivity contribution >= 4 is 17.7 Å². The Morgan fingerprint density at radius 3 is 2.95 bits per heavy atom. The predicted octanol–water partition coefficient (Wildman–Crippen LogP) is 3.49. The van der Waals surface area contributed by atoms with Crippen LogP contribution in [-0.2, 0) is 21.7 Å². The number of hydrogen-bond donors (Lipinski definition) is 0. The van der Waals surface area contributed by atoms with Crippen molar-refractivity contribution in [2.75, 3.05) is 6.54 Å². The van der Waals surface area contributed by atoms with Crippen molar-refractivity contribution in [2.45, 2.75) is 58.0 Å². The maximum Gasteiger partial charge on any atom is 0.410 e. The zero-order valence-corrected chi connectivity index (χ0v) is 14.1. The number of fused-ring (bicyclic) bond motifs is 2. The van der Waals surface area contributed by atoms with Crippen LogP contribution in [0.3, 0.4) is 0 Å². The fraction of sp³-hybridized carbons (Fsp3) is 0.625. The molecule has 1 fully saturated rings. The Morgan fingerprint density at radius 1 is 1.55 bits per heavy atom. The lowest BCUT2D eigenvalue weighted by Gasteiger charge is -2.28. The number of nitrogens with zero attached hydrogens (tertiary/aromatic N) is 2. The van der Waals surface area contributed by atoms with E-state index in [9.17, 15) is 4.79 Å². The number of halogens is 1. The van der Waals surface area contributed by atoms with Crippen molar-refractivity contribution in [3.63, 3.8) is 0 Å². The van der Waals surface area contributed by atoms with E-state index in [1.54, 1.807) is 11.1 Å². The zero-order valence-electron chi connectivity index (χ0n) is 13.4. The van der Waals surface area contributed by atoms with Gasteiger partial charge in [-0.05, 0) is 39.3 Å². The van der Waals surface area contributed by atoms with Gasteiger partial charge in [0.2, 0.25) is 0 Å². The molecule has 0 N–H and O–H groups in total. The Labute approximate surface area is 135 Å². The van der Waals surface area contributed by atoms with Crippen molar-refractivity contribution in [3.05, 3.63) is 28.5 Å². The van der Waals surface area contributed by atoms with Gasteiger partial charge in [0.1, 0.15) is 16.4 Å². The van der Waals surface area contributed by atoms with Gasteiger partial charge in [-0.15, -0.1) is 0 Å². The molecule has 1 amide bonds. The number of pyridine rings is 1. The molecular weight excluding hydrogens is 304 g/mol. The fourth-order valence-electron chi connectivity index (χ4n) is 3.27. The lowest BCUT2D eigenvalue weighted by Crippen LogP contribution is -2.40. The molecule has 0 bridgehead atoms. The van der Waals surface area contributed by atoms with Crippen LogP contribution in [0.1, 0.15) is 45.2 Å². The normalized spacial score (nSPS) is 27.3. The van der Waals surface area contributed by atoms with Crippen molar-refractivity contribution in [3.8, 4) is 0 Å². The van der Waals surface area contributed by atoms with Gasteiger partial charge in [0.25, 0.3) is 0 Å². The SMILES string of the molecule is C[C@H]1CC2(CN1C(=O)OC(C)(C)C)OCc1c2ccnc1Cl. The molecule has 1 spiro atoms. The van der Waals surface area contributed by atoms with E-state index in [2.05, 4.69) is 4.98 Å². The van der Waals surface area contributed by atoms with Crippen molar-refractivity contribution in [1.29, 1.82) is 0 Å². The molecule has 6 heteroatoms. The van der Waals surface area contributed by atoms with Crippen molar-refractivity contribution in [2.24, 2.45) is 0 Å². The van der Waals surface area contributed by atoms with E-state index < -0.39 is 11.2 Å². The third kappa shape index (κ3) is 2.57. The lowest BCUT2D eigenvalue weighted by molar-refractivity contribution is -0.0327. The van der Waals surface area contributed by atoms with Gasteiger partial charge in [0.15, 0.2) is 0 Å². The van der Waals surface area contributed by atoms with Crippen LogP contribution in [0, 0.1) is 0 Å². The summed E-state index contributed by atoms with van der Waals surface area (Å²) in [5.74, 6) is 0. The fourth-order valence-corrected chi connectivity index (χ4v) is 3.48. The second kappa shape index (κ2) is 5.10. The van der Waals surface area contributed by atoms with Gasteiger partial charge in [-0.2, -0.15) is 0 Å². The van der Waals surface area contributed by atoms with E-state index >= 15 is 0 Å². The summed E-state index contributed by atoms with van der Waals surface area (Å²) in [6.45, 7) is 8.55. The smallest absolute Gasteiger partial charge is 0.410 e. The van der Waals surface area contributed by atoms with Gasteiger partial charge in [-0.1, -0.05) is 11.6 Å². The molecule has 1 unspecified atom stereocenters. The highest BCUT2D eigenvalue weighted by Crippen LogP contribution is 2.47. The zero-order chi connectivity index (χ0) is 16.1. The molecule has 0 aliphatic carbocycles. The summed E-state index contributed by atoms with van der Waals surface area (Å²) in [5.41, 5.74) is 0.986. The Morgan fingerprint density at radius 2 is 2.27 bits per heavy atom. The molecule has 1 aromatic heterocycles. The number of rotatable bonds is 0. The van der Waals surface area contributed by atoms with Gasteiger partial charge in [0.05, 0.1) is 13.2 Å². The number of amides is 1. The first-order valence-corrected chi connectivity index (χ1v) is 7.87. The van der Waals surface area contributed by atoms with Crippen LogP contribution in [0.2, 0.25) is 5.15 Å². The minimum atomic E-state index is -0.506. The lowest BCUT2D eigenvalue weighted by atomic mass is 9.91. The van der Waals surface area contributed by atoms with Gasteiger partial charge in [-0.3, -0.25) is 0 Å². The minimum absolute atomic E-state index is 0.0488. The molecule has 1 aromatic rings. The summed E-state index contributed by atoms with van der Waals surface area (Å²) in [5, 5.41) is 0.484. The van der Waals surface area contributed by atoms with Gasteiger partial charge in [-0.25, -0.2) is 9.78 Å². The first-order chi connectivity index (χ1) is 10.2. The largest absolute Gasteiger partial charge is 0.444 e. The monoisotopic (exact) mass is 324 g/mol. The highest BCUT2D eigenvalue weighted by atomic mass is 35.5. The van der Waals surface area contributed by atoms with Crippen LogP contribution < -0.4 is 0 Å². The molecule has 1 saturated heterocycles. The highest BCUT2D eigenvalue weighted by molar-refractivity contribution is 6.30. The number of likely N-dealkylation sites (tertiary alicyclic amines) is 1. The quantitative estimate of drug-likeness (QED) is 0.685. The number of carbonyl (C=O) groups excluding carboxylic acids is 1. The van der Waals surface area contributed by atoms with E-state index in [1.165, 1.54) is 0 Å². The van der Waals surface area contributed by atoms with Crippen molar-refractivity contribution < 1.29 is 14.3 Å². The van der Waals surface area contributed by atoms with Crippen LogP contribution in [0.5, 0.6) is 0 Å². The molecule has 2 aliphatic heterocycles. The van der Waals surface area contributed by atoms with E-state index in [-0.39, 0.29) is 12.1 Å². The molecule has 0 saturated carbocycles. The van der Waals surface area contributed by atoms with Crippen LogP contribution in [0.25, 0.3) is 0 Å². The van der Waals surface area contributed by atoms with Gasteiger partial charge in [0, 0.05) is 24.2 Å². The molecule has 5 nitrogen and oxygen atoms in total. The Bertz CT molecular complexity index is 614. The first kappa shape index (κ1) is 15.6. The standard InChI is InChI=1S/C16H21ClN2O3/c1-10-7-16(9-19(10)14(20)22-15(2,3)4)12-5-6-18-13(17)11(12)8-21-16/h5-6,10H,7-9H2,1-4H3/t10-,16?/m0/s1. The summed E-state index contributed by atoms with van der Waals surface area (Å²) in [6, 6.07) is 1.99. The molecule has 2 aliphatic rings. The minimum Gasteiger partial charge on any atom is -0.444 e. The molecule has 2 atom stereocenters. The summed E-state index contributed by atoms with van der Waals surface area (Å²) in [4.78, 5) is 18.3. The van der Waals surface area contributed by atoms with Crippen molar-refractivity contribution in [1.82, 2.24) is 9.88 Å². The van der Waals surface area contributed by atoms with E-state index in [0.29, 0.717) is 18.3 Å². The summed E-state index contributed by atoms with van der Waals surface area (Å²) in [7, 11) is 0. The third-order valence-corrected chi connectivity index (χ3v) is 4.52. The number of hydrogen-bond acceptors (Lipinski definition) is 4. The average molecular weight is 325 g/mol. The molecule has 120 valence electrons. The molecule has 22 heavy (non-hydrogen) atoms. The van der Waals surface area contributed by atoms with Gasteiger partial charge < -0.3 is 14.4 Å². The number of ether oxygens (including phenoxy) is 2. The number of carbonyl (C=O) groups is 1. The Kier molecular flexibility index (Phi) is 3.61. The van der Waals surface area contributed by atoms with Gasteiger partial charge >= 0.3 is 6.09 Å². The second-order valence-corrected chi connectivity index (χ2v) is 7.43. The topological polar surface area (TPSA) is 51.7 Å². The molecular formula is C16H21ClN2O3. The van der Waals surface area contributed by atoms with E-state index in [4.69, 9.17) is 21.1 Å². The maximum atomic E-state index is 12.4. The summed E-state index contributed by atoms with van der Waals surface area (Å²) >= 11 is 6.16. The third-order valence-electron chi connectivity index (χ3n) is 4.20. The molecule has 0 aromatic carbocycles. The predicted molar refractivity (Wildman–Crippen MR) is 82.7 cm³/mol. The number of aromatic nitrogens is 1. The maximum absolute atomic E-state index is 12.4. The summed E-state index contributed by atoms with van der Waals surface area (Å²) < 4.78 is 11.6. The Hall–Kier alpha value is -1.33. The first-order valence-electron chi connectivity index (χ1n) is 7.49.